The van der Waals surface area contributed by atoms with Gasteiger partial charge in [0.1, 0.15) is 23.3 Å². The summed E-state index contributed by atoms with van der Waals surface area (Å²) < 4.78 is 12.9. The van der Waals surface area contributed by atoms with E-state index >= 15 is 0 Å². The monoisotopic (exact) mass is 539 g/mol. The molecule has 6 rings (SSSR count). The summed E-state index contributed by atoms with van der Waals surface area (Å²) in [7, 11) is 2.13. The molecule has 3 heterocycles. The summed E-state index contributed by atoms with van der Waals surface area (Å²) in [6, 6.07) is 24.0. The van der Waals surface area contributed by atoms with E-state index in [1.165, 1.54) is 5.56 Å². The molecule has 198 valence electrons. The van der Waals surface area contributed by atoms with E-state index in [9.17, 15) is 4.79 Å². The van der Waals surface area contributed by atoms with Crippen molar-refractivity contribution in [1.82, 2.24) is 20.1 Å². The molecule has 1 aliphatic rings. The number of thiazole rings is 1. The zero-order valence-electron chi connectivity index (χ0n) is 21.7. The molecule has 0 bridgehead atoms. The van der Waals surface area contributed by atoms with Gasteiger partial charge in [-0.25, -0.2) is 4.98 Å². The molecule has 0 spiro atoms. The van der Waals surface area contributed by atoms with Crippen LogP contribution in [0.25, 0.3) is 21.3 Å². The van der Waals surface area contributed by atoms with Crippen LogP contribution in [-0.4, -0.2) is 52.2 Å². The highest BCUT2D eigenvalue weighted by atomic mass is 32.1. The number of hydrogen-bond acceptors (Lipinski definition) is 8. The van der Waals surface area contributed by atoms with Gasteiger partial charge in [-0.15, -0.1) is 21.5 Å². The van der Waals surface area contributed by atoms with E-state index in [2.05, 4.69) is 51.7 Å². The molecule has 0 radical (unpaired) electrons. The first-order valence-corrected chi connectivity index (χ1v) is 13.9. The summed E-state index contributed by atoms with van der Waals surface area (Å²) in [5.41, 5.74) is 3.96. The standard InChI is InChI=1S/C30H29N5O3S/c1-35-15-13-24(14-16-35)37-23-10-8-22(9-11-23)31-27(36)18-28-33-34-29(38-28)19-30-32-25-12-7-21(17-26(25)39-30)20-5-3-2-4-6-20/h2-12,17,24H,13-16,18-19H2,1H3,(H,31,36). The van der Waals surface area contributed by atoms with Crippen LogP contribution in [0.1, 0.15) is 29.6 Å². The van der Waals surface area contributed by atoms with Crippen molar-refractivity contribution in [2.75, 3.05) is 25.5 Å². The molecule has 0 saturated carbocycles. The number of hydrogen-bond donors (Lipinski definition) is 1. The summed E-state index contributed by atoms with van der Waals surface area (Å²) in [4.78, 5) is 19.6. The van der Waals surface area contributed by atoms with Gasteiger partial charge >= 0.3 is 0 Å². The van der Waals surface area contributed by atoms with Crippen molar-refractivity contribution in [1.29, 1.82) is 0 Å². The molecule has 9 heteroatoms. The Bertz CT molecular complexity index is 1560. The first-order valence-electron chi connectivity index (χ1n) is 13.1. The topological polar surface area (TPSA) is 93.4 Å². The third kappa shape index (κ3) is 6.32. The van der Waals surface area contributed by atoms with E-state index in [0.29, 0.717) is 18.0 Å². The van der Waals surface area contributed by atoms with Crippen LogP contribution >= 0.6 is 11.3 Å². The lowest BCUT2D eigenvalue weighted by Crippen LogP contribution is -2.35. The fraction of sp³-hybridized carbons (Fsp3) is 0.267. The Labute approximate surface area is 230 Å². The fourth-order valence-electron chi connectivity index (χ4n) is 4.67. The second kappa shape index (κ2) is 11.3. The lowest BCUT2D eigenvalue weighted by Gasteiger charge is -2.29. The van der Waals surface area contributed by atoms with Gasteiger partial charge in [-0.1, -0.05) is 36.4 Å². The van der Waals surface area contributed by atoms with Crippen molar-refractivity contribution in [2.45, 2.75) is 31.8 Å². The minimum Gasteiger partial charge on any atom is -0.490 e. The summed E-state index contributed by atoms with van der Waals surface area (Å²) >= 11 is 1.61. The Morgan fingerprint density at radius 2 is 1.77 bits per heavy atom. The average Bonchev–Trinajstić information content (AvgIpc) is 3.57. The van der Waals surface area contributed by atoms with Crippen LogP contribution < -0.4 is 10.1 Å². The van der Waals surface area contributed by atoms with Crippen molar-refractivity contribution in [3.63, 3.8) is 0 Å². The van der Waals surface area contributed by atoms with Crippen LogP contribution in [0.2, 0.25) is 0 Å². The number of carbonyl (C=O) groups excluding carboxylic acids is 1. The number of anilines is 1. The molecule has 0 unspecified atom stereocenters. The first-order chi connectivity index (χ1) is 19.1. The summed E-state index contributed by atoms with van der Waals surface area (Å²) in [6.45, 7) is 2.10. The maximum absolute atomic E-state index is 12.6. The van der Waals surface area contributed by atoms with E-state index in [4.69, 9.17) is 14.1 Å². The van der Waals surface area contributed by atoms with E-state index < -0.39 is 0 Å². The second-order valence-electron chi connectivity index (χ2n) is 9.79. The SMILES string of the molecule is CN1CCC(Oc2ccc(NC(=O)Cc3nnc(Cc4nc5ccc(-c6ccccc6)cc5s4)o3)cc2)CC1. The van der Waals surface area contributed by atoms with E-state index in [1.54, 1.807) is 11.3 Å². The zero-order chi connectivity index (χ0) is 26.6. The van der Waals surface area contributed by atoms with E-state index in [0.717, 1.165) is 52.5 Å². The van der Waals surface area contributed by atoms with Crippen molar-refractivity contribution in [3.8, 4) is 16.9 Å². The van der Waals surface area contributed by atoms with Crippen LogP contribution in [0.4, 0.5) is 5.69 Å². The van der Waals surface area contributed by atoms with Gasteiger partial charge in [0.2, 0.25) is 17.7 Å². The van der Waals surface area contributed by atoms with Crippen LogP contribution in [-0.2, 0) is 17.6 Å². The smallest absolute Gasteiger partial charge is 0.233 e. The number of nitrogens with one attached hydrogen (secondary N) is 1. The molecule has 1 fully saturated rings. The first kappa shape index (κ1) is 25.2. The number of nitrogens with zero attached hydrogens (tertiary/aromatic N) is 4. The van der Waals surface area contributed by atoms with Crippen molar-refractivity contribution >= 4 is 33.1 Å². The number of likely N-dealkylation sites (tertiary alicyclic amines) is 1. The average molecular weight is 540 g/mol. The Balaban J connectivity index is 1.03. The largest absolute Gasteiger partial charge is 0.490 e. The van der Waals surface area contributed by atoms with Crippen molar-refractivity contribution < 1.29 is 13.9 Å². The Morgan fingerprint density at radius 1 is 1.00 bits per heavy atom. The van der Waals surface area contributed by atoms with Gasteiger partial charge in [0.15, 0.2) is 0 Å². The molecule has 1 N–H and O–H groups in total. The van der Waals surface area contributed by atoms with Gasteiger partial charge in [0.25, 0.3) is 0 Å². The third-order valence-electron chi connectivity index (χ3n) is 6.77. The normalized spacial score (nSPS) is 14.5. The lowest BCUT2D eigenvalue weighted by molar-refractivity contribution is -0.115. The number of rotatable bonds is 8. The van der Waals surface area contributed by atoms with Gasteiger partial charge < -0.3 is 19.4 Å². The van der Waals surface area contributed by atoms with Gasteiger partial charge in [-0.05, 0) is 67.4 Å². The molecular formula is C30H29N5O3S. The Morgan fingerprint density at radius 3 is 2.56 bits per heavy atom. The van der Waals surface area contributed by atoms with Gasteiger partial charge in [-0.3, -0.25) is 4.79 Å². The Hall–Kier alpha value is -4.08. The number of fused-ring (bicyclic) bond motifs is 1. The number of piperidine rings is 1. The highest BCUT2D eigenvalue weighted by Crippen LogP contribution is 2.29. The number of carbonyl (C=O) groups is 1. The number of aromatic nitrogens is 3. The predicted octanol–water partition coefficient (Wildman–Crippen LogP) is 5.59. The lowest BCUT2D eigenvalue weighted by atomic mass is 10.1. The summed E-state index contributed by atoms with van der Waals surface area (Å²) in [5.74, 6) is 1.31. The highest BCUT2D eigenvalue weighted by Gasteiger charge is 2.18. The van der Waals surface area contributed by atoms with Crippen LogP contribution in [0.3, 0.4) is 0 Å². The quantitative estimate of drug-likeness (QED) is 0.275. The molecular weight excluding hydrogens is 510 g/mol. The summed E-state index contributed by atoms with van der Waals surface area (Å²) in [6.07, 6.45) is 2.71. The molecule has 1 amide bonds. The molecule has 1 saturated heterocycles. The number of amides is 1. The highest BCUT2D eigenvalue weighted by molar-refractivity contribution is 7.18. The molecule has 1 aliphatic heterocycles. The maximum atomic E-state index is 12.6. The van der Waals surface area contributed by atoms with Gasteiger partial charge in [-0.2, -0.15) is 0 Å². The minimum absolute atomic E-state index is 0.00111. The number of ether oxygens (including phenoxy) is 1. The van der Waals surface area contributed by atoms with Crippen molar-refractivity contribution in [2.24, 2.45) is 0 Å². The molecule has 0 aliphatic carbocycles. The van der Waals surface area contributed by atoms with Crippen LogP contribution in [0.15, 0.2) is 77.2 Å². The predicted molar refractivity (Wildman–Crippen MR) is 152 cm³/mol. The number of benzene rings is 3. The van der Waals surface area contributed by atoms with Crippen molar-refractivity contribution in [3.05, 3.63) is 89.6 Å². The third-order valence-corrected chi connectivity index (χ3v) is 7.79. The van der Waals surface area contributed by atoms with Gasteiger partial charge in [0.05, 0.1) is 16.6 Å². The van der Waals surface area contributed by atoms with Gasteiger partial charge in [0, 0.05) is 18.8 Å². The minimum atomic E-state index is -0.220. The molecule has 39 heavy (non-hydrogen) atoms. The van der Waals surface area contributed by atoms with E-state index in [-0.39, 0.29) is 24.3 Å². The summed E-state index contributed by atoms with van der Waals surface area (Å²) in [5, 5.41) is 12.0. The van der Waals surface area contributed by atoms with Crippen LogP contribution in [0.5, 0.6) is 5.75 Å². The van der Waals surface area contributed by atoms with E-state index in [1.807, 2.05) is 48.5 Å². The maximum Gasteiger partial charge on any atom is 0.233 e. The fourth-order valence-corrected chi connectivity index (χ4v) is 5.67. The van der Waals surface area contributed by atoms with Crippen LogP contribution in [0, 0.1) is 0 Å². The zero-order valence-corrected chi connectivity index (χ0v) is 22.5. The second-order valence-corrected chi connectivity index (χ2v) is 10.9. The molecule has 0 atom stereocenters. The Kier molecular flexibility index (Phi) is 7.33. The molecule has 2 aromatic heterocycles. The molecule has 3 aromatic carbocycles. The molecule has 5 aromatic rings. The molecule has 8 nitrogen and oxygen atoms in total.